The van der Waals surface area contributed by atoms with E-state index in [0.717, 1.165) is 23.4 Å². The van der Waals surface area contributed by atoms with Gasteiger partial charge in [0.25, 0.3) is 0 Å². The van der Waals surface area contributed by atoms with Gasteiger partial charge >= 0.3 is 0 Å². The Labute approximate surface area is 195 Å². The minimum atomic E-state index is -0.262. The molecule has 33 heavy (non-hydrogen) atoms. The lowest BCUT2D eigenvalue weighted by Gasteiger charge is -2.20. The highest BCUT2D eigenvalue weighted by molar-refractivity contribution is 5.97. The molecule has 3 rings (SSSR count). The summed E-state index contributed by atoms with van der Waals surface area (Å²) in [5.41, 5.74) is 2.49. The van der Waals surface area contributed by atoms with E-state index in [-0.39, 0.29) is 23.8 Å². The Morgan fingerprint density at radius 1 is 1.03 bits per heavy atom. The predicted octanol–water partition coefficient (Wildman–Crippen LogP) is 5.06. The molecule has 0 saturated heterocycles. The fourth-order valence-electron chi connectivity index (χ4n) is 3.33. The monoisotopic (exact) mass is 444 g/mol. The number of para-hydroxylation sites is 1. The first-order valence-electron chi connectivity index (χ1n) is 11.3. The van der Waals surface area contributed by atoms with Gasteiger partial charge in [-0.1, -0.05) is 76.2 Å². The Hall–Kier alpha value is -3.67. The van der Waals surface area contributed by atoms with E-state index in [0.29, 0.717) is 12.4 Å². The molecule has 6 nitrogen and oxygen atoms in total. The molecule has 0 spiro atoms. The second-order valence-corrected chi connectivity index (χ2v) is 8.96. The number of aromatic nitrogens is 2. The summed E-state index contributed by atoms with van der Waals surface area (Å²) in [6.07, 6.45) is 4.04. The topological polar surface area (TPSA) is 67.2 Å². The summed E-state index contributed by atoms with van der Waals surface area (Å²) in [5.74, 6) is 0.130. The smallest absolute Gasteiger partial charge is 0.247 e. The molecule has 0 saturated carbocycles. The number of carbonyl (C=O) groups is 2. The quantitative estimate of drug-likeness (QED) is 0.494. The van der Waals surface area contributed by atoms with Crippen LogP contribution in [0.3, 0.4) is 0 Å². The zero-order valence-electron chi connectivity index (χ0n) is 19.8. The molecule has 0 atom stereocenters. The average molecular weight is 445 g/mol. The van der Waals surface area contributed by atoms with E-state index in [9.17, 15) is 9.59 Å². The average Bonchev–Trinajstić information content (AvgIpc) is 3.22. The van der Waals surface area contributed by atoms with E-state index < -0.39 is 0 Å². The van der Waals surface area contributed by atoms with E-state index in [1.54, 1.807) is 15.7 Å². The third kappa shape index (κ3) is 6.65. The summed E-state index contributed by atoms with van der Waals surface area (Å²) >= 11 is 0. The summed E-state index contributed by atoms with van der Waals surface area (Å²) in [6, 6.07) is 21.2. The van der Waals surface area contributed by atoms with Crippen molar-refractivity contribution in [3.63, 3.8) is 0 Å². The molecule has 1 aromatic heterocycles. The van der Waals surface area contributed by atoms with Crippen molar-refractivity contribution in [3.05, 3.63) is 84.1 Å². The van der Waals surface area contributed by atoms with Gasteiger partial charge in [0.15, 0.2) is 0 Å². The number of nitrogens with one attached hydrogen (secondary N) is 1. The van der Waals surface area contributed by atoms with E-state index in [1.165, 1.54) is 6.08 Å². The summed E-state index contributed by atoms with van der Waals surface area (Å²) < 4.78 is 1.74. The number of amides is 2. The fourth-order valence-corrected chi connectivity index (χ4v) is 3.33. The van der Waals surface area contributed by atoms with Crippen molar-refractivity contribution in [3.8, 4) is 5.69 Å². The number of hydrogen-bond donors (Lipinski definition) is 1. The van der Waals surface area contributed by atoms with E-state index >= 15 is 0 Å². The molecular formula is C27H32N4O2. The number of carbonyl (C=O) groups excluding carboxylic acids is 2. The van der Waals surface area contributed by atoms with Crippen molar-refractivity contribution in [1.82, 2.24) is 14.7 Å². The maximum Gasteiger partial charge on any atom is 0.247 e. The number of nitrogens with zero attached hydrogens (tertiary/aromatic N) is 3. The number of hydrogen-bond acceptors (Lipinski definition) is 3. The molecule has 0 fully saturated rings. The standard InChI is InChI=1S/C27H32N4O2/c1-5-18-30(26(33)17-16-21-12-8-6-9-13-21)20-25(32)28-24-19-23(27(2,3)4)29-31(24)22-14-10-7-11-15-22/h6-17,19H,5,18,20H2,1-4H3,(H,28,32). The van der Waals surface area contributed by atoms with Crippen LogP contribution in [0.2, 0.25) is 0 Å². The fraction of sp³-hybridized carbons (Fsp3) is 0.296. The molecule has 6 heteroatoms. The zero-order valence-corrected chi connectivity index (χ0v) is 19.8. The van der Waals surface area contributed by atoms with Gasteiger partial charge in [-0.25, -0.2) is 4.68 Å². The highest BCUT2D eigenvalue weighted by atomic mass is 16.2. The van der Waals surface area contributed by atoms with Gasteiger partial charge in [-0.3, -0.25) is 9.59 Å². The molecule has 0 aliphatic carbocycles. The molecule has 0 radical (unpaired) electrons. The van der Waals surface area contributed by atoms with Gasteiger partial charge in [0, 0.05) is 24.1 Å². The Morgan fingerprint density at radius 3 is 2.27 bits per heavy atom. The molecule has 172 valence electrons. The van der Waals surface area contributed by atoms with E-state index in [2.05, 4.69) is 26.1 Å². The minimum absolute atomic E-state index is 0.0311. The summed E-state index contributed by atoms with van der Waals surface area (Å²) in [5, 5.41) is 7.69. The SMILES string of the molecule is CCCN(CC(=O)Nc1cc(C(C)(C)C)nn1-c1ccccc1)C(=O)C=Cc1ccccc1. The van der Waals surface area contributed by atoms with Gasteiger partial charge in [0.05, 0.1) is 11.4 Å². The second kappa shape index (κ2) is 10.8. The zero-order chi connectivity index (χ0) is 23.8. The lowest BCUT2D eigenvalue weighted by molar-refractivity contribution is -0.130. The van der Waals surface area contributed by atoms with Crippen molar-refractivity contribution in [2.45, 2.75) is 39.5 Å². The van der Waals surface area contributed by atoms with Crippen molar-refractivity contribution in [2.75, 3.05) is 18.4 Å². The summed E-state index contributed by atoms with van der Waals surface area (Å²) in [6.45, 7) is 8.69. The van der Waals surface area contributed by atoms with Gasteiger partial charge < -0.3 is 10.2 Å². The largest absolute Gasteiger partial charge is 0.330 e. The molecule has 2 amide bonds. The van der Waals surface area contributed by atoms with Crippen LogP contribution < -0.4 is 5.32 Å². The van der Waals surface area contributed by atoms with Crippen LogP contribution in [0.5, 0.6) is 0 Å². The van der Waals surface area contributed by atoms with Crippen LogP contribution in [-0.2, 0) is 15.0 Å². The van der Waals surface area contributed by atoms with Crippen molar-refractivity contribution < 1.29 is 9.59 Å². The molecule has 1 heterocycles. The Kier molecular flexibility index (Phi) is 7.83. The van der Waals surface area contributed by atoms with Gasteiger partial charge in [0.2, 0.25) is 11.8 Å². The van der Waals surface area contributed by atoms with Gasteiger partial charge in [0.1, 0.15) is 12.4 Å². The van der Waals surface area contributed by atoms with Crippen LogP contribution >= 0.6 is 0 Å². The highest BCUT2D eigenvalue weighted by Gasteiger charge is 2.22. The van der Waals surface area contributed by atoms with Gasteiger partial charge in [-0.2, -0.15) is 5.10 Å². The van der Waals surface area contributed by atoms with Gasteiger partial charge in [-0.05, 0) is 30.2 Å². The first-order chi connectivity index (χ1) is 15.8. The number of rotatable bonds is 8. The third-order valence-electron chi connectivity index (χ3n) is 5.10. The first kappa shape index (κ1) is 24.0. The molecule has 0 aliphatic heterocycles. The molecular weight excluding hydrogens is 412 g/mol. The maximum absolute atomic E-state index is 12.9. The van der Waals surface area contributed by atoms with Crippen molar-refractivity contribution in [2.24, 2.45) is 0 Å². The van der Waals surface area contributed by atoms with Crippen LogP contribution in [0, 0.1) is 0 Å². The van der Waals surface area contributed by atoms with E-state index in [4.69, 9.17) is 5.10 Å². The second-order valence-electron chi connectivity index (χ2n) is 8.96. The molecule has 2 aromatic carbocycles. The van der Waals surface area contributed by atoms with Crippen LogP contribution in [0.25, 0.3) is 11.8 Å². The van der Waals surface area contributed by atoms with Crippen LogP contribution in [0.1, 0.15) is 45.4 Å². The summed E-state index contributed by atoms with van der Waals surface area (Å²) in [7, 11) is 0. The van der Waals surface area contributed by atoms with Crippen LogP contribution in [-0.4, -0.2) is 39.6 Å². The number of anilines is 1. The third-order valence-corrected chi connectivity index (χ3v) is 5.10. The normalized spacial score (nSPS) is 11.5. The molecule has 3 aromatic rings. The van der Waals surface area contributed by atoms with Crippen LogP contribution in [0.4, 0.5) is 5.82 Å². The Balaban J connectivity index is 1.77. The van der Waals surface area contributed by atoms with Gasteiger partial charge in [-0.15, -0.1) is 0 Å². The lowest BCUT2D eigenvalue weighted by Crippen LogP contribution is -2.37. The number of benzene rings is 2. The Morgan fingerprint density at radius 2 is 1.67 bits per heavy atom. The lowest BCUT2D eigenvalue weighted by atomic mass is 9.92. The van der Waals surface area contributed by atoms with Crippen LogP contribution in [0.15, 0.2) is 72.8 Å². The predicted molar refractivity (Wildman–Crippen MR) is 133 cm³/mol. The Bertz CT molecular complexity index is 1100. The molecule has 0 unspecified atom stereocenters. The minimum Gasteiger partial charge on any atom is -0.330 e. The molecule has 0 aliphatic rings. The van der Waals surface area contributed by atoms with Crippen molar-refractivity contribution >= 4 is 23.7 Å². The molecule has 1 N–H and O–H groups in total. The molecule has 0 bridgehead atoms. The van der Waals surface area contributed by atoms with Crippen molar-refractivity contribution in [1.29, 1.82) is 0 Å². The summed E-state index contributed by atoms with van der Waals surface area (Å²) in [4.78, 5) is 27.3. The van der Waals surface area contributed by atoms with E-state index in [1.807, 2.05) is 73.7 Å². The highest BCUT2D eigenvalue weighted by Crippen LogP contribution is 2.26. The maximum atomic E-state index is 12.9. The first-order valence-corrected chi connectivity index (χ1v) is 11.3.